The largest absolute Gasteiger partial charge is 0.483 e. The molecule has 0 atom stereocenters. The van der Waals surface area contributed by atoms with Gasteiger partial charge in [0, 0.05) is 18.5 Å². The number of ether oxygens (including phenoxy) is 1. The van der Waals surface area contributed by atoms with Crippen molar-refractivity contribution in [2.75, 3.05) is 6.54 Å². The molecule has 0 unspecified atom stereocenters. The van der Waals surface area contributed by atoms with Crippen LogP contribution in [0.2, 0.25) is 0 Å². The fourth-order valence-electron chi connectivity index (χ4n) is 1.82. The highest BCUT2D eigenvalue weighted by atomic mass is 16.5. The van der Waals surface area contributed by atoms with E-state index in [1.54, 1.807) is 0 Å². The van der Waals surface area contributed by atoms with Crippen LogP contribution >= 0.6 is 0 Å². The highest BCUT2D eigenvalue weighted by Gasteiger charge is 2.07. The molecule has 0 bridgehead atoms. The van der Waals surface area contributed by atoms with E-state index in [0.29, 0.717) is 18.4 Å². The van der Waals surface area contributed by atoms with Crippen LogP contribution in [0.5, 0.6) is 5.75 Å². The van der Waals surface area contributed by atoms with E-state index < -0.39 is 0 Å². The first-order valence-corrected chi connectivity index (χ1v) is 7.06. The molecule has 0 spiro atoms. The molecule has 0 aliphatic carbocycles. The summed E-state index contributed by atoms with van der Waals surface area (Å²) >= 11 is 0. The van der Waals surface area contributed by atoms with Gasteiger partial charge in [-0.15, -0.1) is 10.2 Å². The molecule has 1 N–H and O–H groups in total. The van der Waals surface area contributed by atoms with E-state index in [1.807, 2.05) is 25.1 Å². The fraction of sp³-hybridized carbons (Fsp3) is 0.467. The van der Waals surface area contributed by atoms with E-state index in [4.69, 9.17) is 9.15 Å². The summed E-state index contributed by atoms with van der Waals surface area (Å²) in [5.74, 6) is 2.01. The molecular formula is C15H21N3O2. The van der Waals surface area contributed by atoms with Crippen molar-refractivity contribution in [3.05, 3.63) is 41.6 Å². The van der Waals surface area contributed by atoms with Crippen LogP contribution in [0.1, 0.15) is 37.6 Å². The Labute approximate surface area is 119 Å². The molecule has 1 aromatic carbocycles. The average Bonchev–Trinajstić information content (AvgIpc) is 2.94. The Morgan fingerprint density at radius 3 is 2.70 bits per heavy atom. The SMILES string of the molecule is CCCNCc1ccccc1OCc1nnc(CC)o1. The van der Waals surface area contributed by atoms with Gasteiger partial charge in [-0.2, -0.15) is 0 Å². The Morgan fingerprint density at radius 2 is 1.95 bits per heavy atom. The average molecular weight is 275 g/mol. The van der Waals surface area contributed by atoms with Crippen molar-refractivity contribution in [2.24, 2.45) is 0 Å². The molecule has 1 heterocycles. The van der Waals surface area contributed by atoms with Crippen molar-refractivity contribution in [1.82, 2.24) is 15.5 Å². The van der Waals surface area contributed by atoms with Gasteiger partial charge in [-0.05, 0) is 19.0 Å². The van der Waals surface area contributed by atoms with Crippen molar-refractivity contribution >= 4 is 0 Å². The van der Waals surface area contributed by atoms with Gasteiger partial charge in [-0.25, -0.2) is 0 Å². The van der Waals surface area contributed by atoms with Gasteiger partial charge >= 0.3 is 0 Å². The van der Waals surface area contributed by atoms with Gasteiger partial charge in [0.2, 0.25) is 5.89 Å². The Balaban J connectivity index is 1.94. The molecule has 1 aromatic heterocycles. The third-order valence-electron chi connectivity index (χ3n) is 2.88. The molecule has 0 aliphatic heterocycles. The predicted octanol–water partition coefficient (Wildman–Crippen LogP) is 2.71. The highest BCUT2D eigenvalue weighted by molar-refractivity contribution is 5.33. The third kappa shape index (κ3) is 4.06. The lowest BCUT2D eigenvalue weighted by Crippen LogP contribution is -2.14. The predicted molar refractivity (Wildman–Crippen MR) is 76.4 cm³/mol. The van der Waals surface area contributed by atoms with E-state index in [9.17, 15) is 0 Å². The summed E-state index contributed by atoms with van der Waals surface area (Å²) < 4.78 is 11.2. The molecule has 5 heteroatoms. The monoisotopic (exact) mass is 275 g/mol. The number of nitrogens with zero attached hydrogens (tertiary/aromatic N) is 2. The van der Waals surface area contributed by atoms with Crippen LogP contribution in [-0.4, -0.2) is 16.7 Å². The van der Waals surface area contributed by atoms with Crippen LogP contribution in [0.25, 0.3) is 0 Å². The molecular weight excluding hydrogens is 254 g/mol. The summed E-state index contributed by atoms with van der Waals surface area (Å²) in [5.41, 5.74) is 1.14. The second-order valence-electron chi connectivity index (χ2n) is 4.52. The molecule has 0 saturated heterocycles. The molecule has 108 valence electrons. The maximum absolute atomic E-state index is 5.78. The number of rotatable bonds is 8. The second-order valence-corrected chi connectivity index (χ2v) is 4.52. The van der Waals surface area contributed by atoms with Crippen molar-refractivity contribution < 1.29 is 9.15 Å². The van der Waals surface area contributed by atoms with E-state index in [1.165, 1.54) is 0 Å². The maximum atomic E-state index is 5.78. The standard InChI is InChI=1S/C15H21N3O2/c1-3-9-16-10-12-7-5-6-8-13(12)19-11-15-18-17-14(4-2)20-15/h5-8,16H,3-4,9-11H2,1-2H3. The minimum absolute atomic E-state index is 0.303. The number of aryl methyl sites for hydroxylation is 1. The van der Waals surface area contributed by atoms with Gasteiger partial charge in [-0.1, -0.05) is 32.0 Å². The lowest BCUT2D eigenvalue weighted by atomic mass is 10.2. The number of hydrogen-bond donors (Lipinski definition) is 1. The van der Waals surface area contributed by atoms with Gasteiger partial charge in [-0.3, -0.25) is 0 Å². The number of nitrogens with one attached hydrogen (secondary N) is 1. The summed E-state index contributed by atoms with van der Waals surface area (Å²) in [5, 5.41) is 11.2. The lowest BCUT2D eigenvalue weighted by molar-refractivity contribution is 0.256. The highest BCUT2D eigenvalue weighted by Crippen LogP contribution is 2.19. The minimum atomic E-state index is 0.303. The lowest BCUT2D eigenvalue weighted by Gasteiger charge is -2.10. The molecule has 20 heavy (non-hydrogen) atoms. The van der Waals surface area contributed by atoms with Gasteiger partial charge in [0.1, 0.15) is 5.75 Å². The third-order valence-corrected chi connectivity index (χ3v) is 2.88. The molecule has 0 radical (unpaired) electrons. The Hall–Kier alpha value is -1.88. The summed E-state index contributed by atoms with van der Waals surface area (Å²) in [7, 11) is 0. The molecule has 0 amide bonds. The molecule has 5 nitrogen and oxygen atoms in total. The zero-order valence-electron chi connectivity index (χ0n) is 12.1. The zero-order valence-corrected chi connectivity index (χ0v) is 12.1. The smallest absolute Gasteiger partial charge is 0.253 e. The molecule has 0 fully saturated rings. The topological polar surface area (TPSA) is 60.2 Å². The number of benzene rings is 1. The van der Waals surface area contributed by atoms with Gasteiger partial charge in [0.25, 0.3) is 5.89 Å². The number of para-hydroxylation sites is 1. The summed E-state index contributed by atoms with van der Waals surface area (Å²) in [6.45, 7) is 6.23. The minimum Gasteiger partial charge on any atom is -0.483 e. The molecule has 0 aliphatic rings. The maximum Gasteiger partial charge on any atom is 0.253 e. The first kappa shape index (κ1) is 14.5. The van der Waals surface area contributed by atoms with E-state index in [-0.39, 0.29) is 0 Å². The molecule has 0 saturated carbocycles. The van der Waals surface area contributed by atoms with Crippen LogP contribution in [0.3, 0.4) is 0 Å². The number of aromatic nitrogens is 2. The van der Waals surface area contributed by atoms with Gasteiger partial charge in [0.05, 0.1) is 0 Å². The van der Waals surface area contributed by atoms with Crippen LogP contribution in [0, 0.1) is 0 Å². The van der Waals surface area contributed by atoms with Crippen molar-refractivity contribution in [2.45, 2.75) is 39.8 Å². The van der Waals surface area contributed by atoms with Crippen LogP contribution in [-0.2, 0) is 19.6 Å². The number of hydrogen-bond acceptors (Lipinski definition) is 5. The Bertz CT molecular complexity index is 525. The van der Waals surface area contributed by atoms with E-state index in [0.717, 1.165) is 37.2 Å². The van der Waals surface area contributed by atoms with Crippen LogP contribution in [0.4, 0.5) is 0 Å². The van der Waals surface area contributed by atoms with E-state index >= 15 is 0 Å². The quantitative estimate of drug-likeness (QED) is 0.751. The summed E-state index contributed by atoms with van der Waals surface area (Å²) in [6.07, 6.45) is 1.86. The summed E-state index contributed by atoms with van der Waals surface area (Å²) in [6, 6.07) is 7.99. The zero-order chi connectivity index (χ0) is 14.2. The summed E-state index contributed by atoms with van der Waals surface area (Å²) in [4.78, 5) is 0. The molecule has 2 rings (SSSR count). The van der Waals surface area contributed by atoms with Crippen LogP contribution < -0.4 is 10.1 Å². The molecule has 2 aromatic rings. The van der Waals surface area contributed by atoms with Gasteiger partial charge in [0.15, 0.2) is 6.61 Å². The Kier molecular flexibility index (Phi) is 5.55. The van der Waals surface area contributed by atoms with Gasteiger partial charge < -0.3 is 14.5 Å². The first-order chi connectivity index (χ1) is 9.83. The Morgan fingerprint density at radius 1 is 1.15 bits per heavy atom. The first-order valence-electron chi connectivity index (χ1n) is 7.06. The van der Waals surface area contributed by atoms with Crippen LogP contribution in [0.15, 0.2) is 28.7 Å². The van der Waals surface area contributed by atoms with Crippen molar-refractivity contribution in [3.8, 4) is 5.75 Å². The van der Waals surface area contributed by atoms with Crippen molar-refractivity contribution in [3.63, 3.8) is 0 Å². The second kappa shape index (κ2) is 7.65. The fourth-order valence-corrected chi connectivity index (χ4v) is 1.82. The van der Waals surface area contributed by atoms with E-state index in [2.05, 4.69) is 28.5 Å². The van der Waals surface area contributed by atoms with Crippen molar-refractivity contribution in [1.29, 1.82) is 0 Å². The normalized spacial score (nSPS) is 10.7.